The molecule has 0 bridgehead atoms. The lowest BCUT2D eigenvalue weighted by Crippen LogP contribution is -2.33. The van der Waals surface area contributed by atoms with Crippen LogP contribution in [-0.2, 0) is 0 Å². The Labute approximate surface area is 128 Å². The first kappa shape index (κ1) is 15.5. The first-order valence-electron chi connectivity index (χ1n) is 7.32. The Bertz CT molecular complexity index is 452. The van der Waals surface area contributed by atoms with Crippen LogP contribution in [-0.4, -0.2) is 35.7 Å². The van der Waals surface area contributed by atoms with E-state index in [1.54, 1.807) is 0 Å². The molecule has 1 fully saturated rings. The van der Waals surface area contributed by atoms with E-state index in [2.05, 4.69) is 50.6 Å². The van der Waals surface area contributed by atoms with E-state index in [0.29, 0.717) is 24.1 Å². The molecule has 1 amide bonds. The van der Waals surface area contributed by atoms with Crippen LogP contribution in [0.25, 0.3) is 0 Å². The molecule has 0 radical (unpaired) electrons. The molecule has 112 valence electrons. The van der Waals surface area contributed by atoms with E-state index in [0.717, 1.165) is 29.7 Å². The first-order valence-corrected chi connectivity index (χ1v) is 8.11. The molecule has 1 aliphatic rings. The molecule has 5 nitrogen and oxygen atoms in total. The maximum atomic E-state index is 12.1. The van der Waals surface area contributed by atoms with Gasteiger partial charge in [0.05, 0.1) is 10.2 Å². The Morgan fingerprint density at radius 2 is 2.35 bits per heavy atom. The minimum absolute atomic E-state index is 0.108. The van der Waals surface area contributed by atoms with Gasteiger partial charge in [0.2, 0.25) is 0 Å². The highest BCUT2D eigenvalue weighted by Gasteiger charge is 2.19. The second-order valence-electron chi connectivity index (χ2n) is 5.71. The monoisotopic (exact) mass is 342 g/mol. The zero-order valence-corrected chi connectivity index (χ0v) is 13.7. The number of nitrogens with zero attached hydrogens (tertiary/aromatic N) is 1. The van der Waals surface area contributed by atoms with Crippen molar-refractivity contribution in [3.63, 3.8) is 0 Å². The van der Waals surface area contributed by atoms with Crippen molar-refractivity contribution in [1.82, 2.24) is 20.8 Å². The Kier molecular flexibility index (Phi) is 5.60. The molecule has 1 aliphatic heterocycles. The molecule has 2 rings (SSSR count). The van der Waals surface area contributed by atoms with Crippen LogP contribution in [0.3, 0.4) is 0 Å². The predicted octanol–water partition coefficient (Wildman–Crippen LogP) is 2.42. The fourth-order valence-electron chi connectivity index (χ4n) is 2.52. The van der Waals surface area contributed by atoms with Crippen LogP contribution in [0.5, 0.6) is 0 Å². The van der Waals surface area contributed by atoms with E-state index >= 15 is 0 Å². The van der Waals surface area contributed by atoms with Gasteiger partial charge in [-0.1, -0.05) is 13.8 Å². The lowest BCUT2D eigenvalue weighted by Gasteiger charge is -2.22. The molecule has 2 heterocycles. The van der Waals surface area contributed by atoms with Gasteiger partial charge in [0.25, 0.3) is 5.91 Å². The Balaban J connectivity index is 1.82. The second-order valence-corrected chi connectivity index (χ2v) is 6.50. The lowest BCUT2D eigenvalue weighted by molar-refractivity contribution is 0.0945. The largest absolute Gasteiger partial charge is 0.351 e. The van der Waals surface area contributed by atoms with Crippen molar-refractivity contribution in [3.8, 4) is 0 Å². The van der Waals surface area contributed by atoms with Crippen LogP contribution in [0.15, 0.2) is 4.47 Å². The van der Waals surface area contributed by atoms with Crippen molar-refractivity contribution in [2.75, 3.05) is 19.6 Å². The van der Waals surface area contributed by atoms with Crippen molar-refractivity contribution in [3.05, 3.63) is 15.9 Å². The summed E-state index contributed by atoms with van der Waals surface area (Å²) in [6, 6.07) is 0. The third-order valence-electron chi connectivity index (χ3n) is 3.76. The third kappa shape index (κ3) is 3.82. The first-order chi connectivity index (χ1) is 9.59. The van der Waals surface area contributed by atoms with Crippen molar-refractivity contribution in [2.45, 2.75) is 39.0 Å². The molecule has 1 aromatic rings. The highest BCUT2D eigenvalue weighted by Crippen LogP contribution is 2.25. The smallest absolute Gasteiger partial charge is 0.272 e. The molecule has 0 spiro atoms. The van der Waals surface area contributed by atoms with Gasteiger partial charge >= 0.3 is 0 Å². The van der Waals surface area contributed by atoms with E-state index < -0.39 is 0 Å². The average molecular weight is 343 g/mol. The minimum Gasteiger partial charge on any atom is -0.351 e. The van der Waals surface area contributed by atoms with Gasteiger partial charge in [-0.3, -0.25) is 9.89 Å². The SMILES string of the molecule is CC(C)c1[nH]nc(C(=O)NCCC2CCCNC2)c1Br. The molecular formula is C14H23BrN4O. The van der Waals surface area contributed by atoms with Crippen LogP contribution < -0.4 is 10.6 Å². The zero-order valence-electron chi connectivity index (χ0n) is 12.1. The third-order valence-corrected chi connectivity index (χ3v) is 4.56. The van der Waals surface area contributed by atoms with Crippen molar-refractivity contribution in [2.24, 2.45) is 5.92 Å². The average Bonchev–Trinajstić information content (AvgIpc) is 2.82. The fourth-order valence-corrected chi connectivity index (χ4v) is 3.33. The minimum atomic E-state index is -0.108. The number of hydrogen-bond acceptors (Lipinski definition) is 3. The van der Waals surface area contributed by atoms with E-state index in [4.69, 9.17) is 0 Å². The predicted molar refractivity (Wildman–Crippen MR) is 82.9 cm³/mol. The molecule has 1 unspecified atom stereocenters. The number of H-pyrrole nitrogens is 1. The maximum absolute atomic E-state index is 12.1. The second kappa shape index (κ2) is 7.22. The van der Waals surface area contributed by atoms with Gasteiger partial charge < -0.3 is 10.6 Å². The van der Waals surface area contributed by atoms with Crippen molar-refractivity contribution < 1.29 is 4.79 Å². The van der Waals surface area contributed by atoms with Gasteiger partial charge in [0, 0.05) is 6.54 Å². The summed E-state index contributed by atoms with van der Waals surface area (Å²) in [4.78, 5) is 12.1. The van der Waals surface area contributed by atoms with Gasteiger partial charge in [-0.2, -0.15) is 5.10 Å². The number of rotatable bonds is 5. The summed E-state index contributed by atoms with van der Waals surface area (Å²) in [5.41, 5.74) is 1.42. The quantitative estimate of drug-likeness (QED) is 0.769. The van der Waals surface area contributed by atoms with Crippen molar-refractivity contribution >= 4 is 21.8 Å². The standard InChI is InChI=1S/C14H23BrN4O/c1-9(2)12-11(15)13(19-18-12)14(20)17-7-5-10-4-3-6-16-8-10/h9-10,16H,3-8H2,1-2H3,(H,17,20)(H,18,19). The molecule has 0 aromatic carbocycles. The van der Waals surface area contributed by atoms with Crippen LogP contribution in [0, 0.1) is 5.92 Å². The number of piperidine rings is 1. The zero-order chi connectivity index (χ0) is 14.5. The molecule has 6 heteroatoms. The summed E-state index contributed by atoms with van der Waals surface area (Å²) >= 11 is 3.46. The number of carbonyl (C=O) groups excluding carboxylic acids is 1. The molecule has 1 atom stereocenters. The molecule has 0 aliphatic carbocycles. The van der Waals surface area contributed by atoms with E-state index in [1.165, 1.54) is 12.8 Å². The number of hydrogen-bond donors (Lipinski definition) is 3. The Morgan fingerprint density at radius 3 is 2.95 bits per heavy atom. The van der Waals surface area contributed by atoms with Crippen molar-refractivity contribution in [1.29, 1.82) is 0 Å². The number of carbonyl (C=O) groups is 1. The Hall–Kier alpha value is -0.880. The van der Waals surface area contributed by atoms with Gasteiger partial charge in [-0.05, 0) is 60.1 Å². The van der Waals surface area contributed by atoms with Crippen LogP contribution in [0.2, 0.25) is 0 Å². The molecule has 0 saturated carbocycles. The number of aromatic nitrogens is 2. The summed E-state index contributed by atoms with van der Waals surface area (Å²) in [5.74, 6) is 0.883. The van der Waals surface area contributed by atoms with Gasteiger partial charge in [-0.25, -0.2) is 0 Å². The summed E-state index contributed by atoms with van der Waals surface area (Å²) in [5, 5.41) is 13.4. The summed E-state index contributed by atoms with van der Waals surface area (Å²) in [7, 11) is 0. The number of aromatic amines is 1. The lowest BCUT2D eigenvalue weighted by atomic mass is 9.96. The maximum Gasteiger partial charge on any atom is 0.272 e. The highest BCUT2D eigenvalue weighted by atomic mass is 79.9. The van der Waals surface area contributed by atoms with Gasteiger partial charge in [0.15, 0.2) is 5.69 Å². The summed E-state index contributed by atoms with van der Waals surface area (Å²) in [6.07, 6.45) is 3.52. The van der Waals surface area contributed by atoms with Crippen LogP contribution in [0.1, 0.15) is 55.2 Å². The van der Waals surface area contributed by atoms with Crippen LogP contribution >= 0.6 is 15.9 Å². The van der Waals surface area contributed by atoms with E-state index in [1.807, 2.05) is 0 Å². The number of halogens is 1. The molecule has 3 N–H and O–H groups in total. The highest BCUT2D eigenvalue weighted by molar-refractivity contribution is 9.10. The molecule has 1 saturated heterocycles. The molecule has 20 heavy (non-hydrogen) atoms. The molecule has 1 aromatic heterocycles. The van der Waals surface area contributed by atoms with Crippen LogP contribution in [0.4, 0.5) is 0 Å². The van der Waals surface area contributed by atoms with Gasteiger partial charge in [0.1, 0.15) is 0 Å². The number of amides is 1. The van der Waals surface area contributed by atoms with E-state index in [-0.39, 0.29) is 5.91 Å². The normalized spacial score (nSPS) is 19.3. The topological polar surface area (TPSA) is 69.8 Å². The Morgan fingerprint density at radius 1 is 1.55 bits per heavy atom. The van der Waals surface area contributed by atoms with Gasteiger partial charge in [-0.15, -0.1) is 0 Å². The number of nitrogens with one attached hydrogen (secondary N) is 3. The molecular weight excluding hydrogens is 320 g/mol. The fraction of sp³-hybridized carbons (Fsp3) is 0.714. The van der Waals surface area contributed by atoms with E-state index in [9.17, 15) is 4.79 Å². The summed E-state index contributed by atoms with van der Waals surface area (Å²) < 4.78 is 0.782. The summed E-state index contributed by atoms with van der Waals surface area (Å²) in [6.45, 7) is 7.04.